The molecule has 4 aromatic rings. The van der Waals surface area contributed by atoms with Gasteiger partial charge in [0.2, 0.25) is 12.2 Å². The Morgan fingerprint density at radius 1 is 0.933 bits per heavy atom. The molecule has 1 aliphatic rings. The quantitative estimate of drug-likeness (QED) is 0.479. The molecule has 6 nitrogen and oxygen atoms in total. The molecule has 150 valence electrons. The van der Waals surface area contributed by atoms with Crippen molar-refractivity contribution in [1.82, 2.24) is 0 Å². The van der Waals surface area contributed by atoms with Crippen LogP contribution in [0.2, 0.25) is 0 Å². The van der Waals surface area contributed by atoms with E-state index in [1.165, 1.54) is 6.26 Å². The van der Waals surface area contributed by atoms with Gasteiger partial charge in [-0.15, -0.1) is 0 Å². The van der Waals surface area contributed by atoms with Crippen LogP contribution in [0.15, 0.2) is 76.1 Å². The average Bonchev–Trinajstić information content (AvgIpc) is 3.26. The van der Waals surface area contributed by atoms with Gasteiger partial charge in [-0.2, -0.15) is 0 Å². The molecule has 0 saturated heterocycles. The first-order chi connectivity index (χ1) is 14.7. The average molecular weight is 402 g/mol. The first-order valence-electron chi connectivity index (χ1n) is 9.43. The molecule has 0 spiro atoms. The number of benzene rings is 3. The molecule has 5 rings (SSSR count). The van der Waals surface area contributed by atoms with Gasteiger partial charge in [-0.1, -0.05) is 36.4 Å². The number of hydrogen-bond acceptors (Lipinski definition) is 6. The van der Waals surface area contributed by atoms with E-state index in [0.29, 0.717) is 51.7 Å². The molecule has 0 N–H and O–H groups in total. The van der Waals surface area contributed by atoms with Crippen LogP contribution in [0.5, 0.6) is 23.0 Å². The molecule has 0 bridgehead atoms. The summed E-state index contributed by atoms with van der Waals surface area (Å²) in [6, 6.07) is 18.5. The lowest BCUT2D eigenvalue weighted by atomic mass is 10.0. The van der Waals surface area contributed by atoms with Crippen LogP contribution in [0.4, 0.5) is 0 Å². The second-order valence-corrected chi connectivity index (χ2v) is 6.82. The maximum absolute atomic E-state index is 13.2. The van der Waals surface area contributed by atoms with Gasteiger partial charge in [-0.3, -0.25) is 4.79 Å². The lowest BCUT2D eigenvalue weighted by Crippen LogP contribution is -2.06. The predicted octanol–water partition coefficient (Wildman–Crippen LogP) is 4.78. The van der Waals surface area contributed by atoms with E-state index >= 15 is 0 Å². The number of fused-ring (bicyclic) bond motifs is 2. The summed E-state index contributed by atoms with van der Waals surface area (Å²) in [6.07, 6.45) is 1.45. The Hall–Kier alpha value is -3.93. The second kappa shape index (κ2) is 7.48. The molecule has 0 aliphatic carbocycles. The standard InChI is InChI=1S/C24H18O6/c1-26-21-10-17-20(11-23(21)27-12-15-5-3-2-4-6-15)28-13-18(24(17)25)16-7-8-19-22(9-16)30-14-29-19/h2-11,13H,12,14H2,1H3. The number of ether oxygens (including phenoxy) is 4. The third-order valence-electron chi connectivity index (χ3n) is 4.98. The maximum Gasteiger partial charge on any atom is 0.231 e. The fourth-order valence-corrected chi connectivity index (χ4v) is 3.41. The van der Waals surface area contributed by atoms with Crippen LogP contribution >= 0.6 is 0 Å². The van der Waals surface area contributed by atoms with Crippen molar-refractivity contribution in [2.24, 2.45) is 0 Å². The minimum Gasteiger partial charge on any atom is -0.493 e. The van der Waals surface area contributed by atoms with Gasteiger partial charge in [0, 0.05) is 6.07 Å². The summed E-state index contributed by atoms with van der Waals surface area (Å²) >= 11 is 0. The summed E-state index contributed by atoms with van der Waals surface area (Å²) in [5.74, 6) is 2.24. The summed E-state index contributed by atoms with van der Waals surface area (Å²) in [5.41, 5.74) is 2.41. The fraction of sp³-hybridized carbons (Fsp3) is 0.125. The SMILES string of the molecule is COc1cc2c(=O)c(-c3ccc4c(c3)OCO4)coc2cc1OCc1ccccc1. The van der Waals surface area contributed by atoms with Gasteiger partial charge in [0.15, 0.2) is 23.0 Å². The van der Waals surface area contributed by atoms with Crippen molar-refractivity contribution in [1.29, 1.82) is 0 Å². The first-order valence-corrected chi connectivity index (χ1v) is 9.43. The van der Waals surface area contributed by atoms with Crippen molar-refractivity contribution in [3.63, 3.8) is 0 Å². The molecule has 1 aliphatic heterocycles. The van der Waals surface area contributed by atoms with Gasteiger partial charge < -0.3 is 23.4 Å². The Balaban J connectivity index is 1.53. The minimum absolute atomic E-state index is 0.164. The monoisotopic (exact) mass is 402 g/mol. The highest BCUT2D eigenvalue weighted by atomic mass is 16.7. The highest BCUT2D eigenvalue weighted by molar-refractivity contribution is 5.85. The zero-order valence-corrected chi connectivity index (χ0v) is 16.2. The van der Waals surface area contributed by atoms with E-state index in [1.807, 2.05) is 30.3 Å². The predicted molar refractivity (Wildman–Crippen MR) is 111 cm³/mol. The van der Waals surface area contributed by atoms with Crippen molar-refractivity contribution in [3.8, 4) is 34.1 Å². The lowest BCUT2D eigenvalue weighted by Gasteiger charge is -2.12. The normalized spacial score (nSPS) is 12.2. The first kappa shape index (κ1) is 18.1. The molecule has 6 heteroatoms. The molecule has 3 aromatic carbocycles. The molecular formula is C24H18O6. The third kappa shape index (κ3) is 3.22. The Labute approximate surface area is 172 Å². The largest absolute Gasteiger partial charge is 0.493 e. The van der Waals surface area contributed by atoms with E-state index in [4.69, 9.17) is 23.4 Å². The second-order valence-electron chi connectivity index (χ2n) is 6.82. The zero-order chi connectivity index (χ0) is 20.5. The van der Waals surface area contributed by atoms with E-state index in [1.54, 1.807) is 37.4 Å². The fourth-order valence-electron chi connectivity index (χ4n) is 3.41. The topological polar surface area (TPSA) is 67.1 Å². The van der Waals surface area contributed by atoms with Crippen LogP contribution in [0, 0.1) is 0 Å². The van der Waals surface area contributed by atoms with Crippen LogP contribution in [-0.2, 0) is 6.61 Å². The van der Waals surface area contributed by atoms with Crippen molar-refractivity contribution >= 4 is 11.0 Å². The van der Waals surface area contributed by atoms with Crippen molar-refractivity contribution in [3.05, 3.63) is 82.7 Å². The van der Waals surface area contributed by atoms with Gasteiger partial charge in [-0.25, -0.2) is 0 Å². The summed E-state index contributed by atoms with van der Waals surface area (Å²) in [4.78, 5) is 13.2. The lowest BCUT2D eigenvalue weighted by molar-refractivity contribution is 0.174. The van der Waals surface area contributed by atoms with Gasteiger partial charge in [0.1, 0.15) is 18.5 Å². The number of hydrogen-bond donors (Lipinski definition) is 0. The van der Waals surface area contributed by atoms with Crippen LogP contribution < -0.4 is 24.4 Å². The molecule has 0 atom stereocenters. The summed E-state index contributed by atoms with van der Waals surface area (Å²) in [7, 11) is 1.54. The molecule has 0 unspecified atom stereocenters. The highest BCUT2D eigenvalue weighted by Gasteiger charge is 2.18. The number of rotatable bonds is 5. The zero-order valence-electron chi connectivity index (χ0n) is 16.2. The summed E-state index contributed by atoms with van der Waals surface area (Å²) < 4.78 is 27.9. The van der Waals surface area contributed by atoms with Crippen LogP contribution in [0.3, 0.4) is 0 Å². The van der Waals surface area contributed by atoms with E-state index in [0.717, 1.165) is 5.56 Å². The van der Waals surface area contributed by atoms with E-state index in [-0.39, 0.29) is 12.2 Å². The Bertz CT molecular complexity index is 1280. The molecule has 0 saturated carbocycles. The minimum atomic E-state index is -0.164. The molecule has 2 heterocycles. The summed E-state index contributed by atoms with van der Waals surface area (Å²) in [5, 5.41) is 0.411. The van der Waals surface area contributed by atoms with Crippen LogP contribution in [-0.4, -0.2) is 13.9 Å². The molecule has 0 amide bonds. The van der Waals surface area contributed by atoms with E-state index < -0.39 is 0 Å². The molecule has 0 fully saturated rings. The number of methoxy groups -OCH3 is 1. The molecule has 0 radical (unpaired) electrons. The van der Waals surface area contributed by atoms with Gasteiger partial charge >= 0.3 is 0 Å². The van der Waals surface area contributed by atoms with E-state index in [9.17, 15) is 4.79 Å². The van der Waals surface area contributed by atoms with E-state index in [2.05, 4.69) is 0 Å². The Morgan fingerprint density at radius 2 is 1.77 bits per heavy atom. The van der Waals surface area contributed by atoms with Crippen molar-refractivity contribution in [2.75, 3.05) is 13.9 Å². The van der Waals surface area contributed by atoms with Crippen molar-refractivity contribution < 1.29 is 23.4 Å². The smallest absolute Gasteiger partial charge is 0.231 e. The maximum atomic E-state index is 13.2. The van der Waals surface area contributed by atoms with Crippen LogP contribution in [0.25, 0.3) is 22.1 Å². The van der Waals surface area contributed by atoms with Crippen LogP contribution in [0.1, 0.15) is 5.56 Å². The van der Waals surface area contributed by atoms with Gasteiger partial charge in [0.05, 0.1) is 18.1 Å². The third-order valence-corrected chi connectivity index (χ3v) is 4.98. The van der Waals surface area contributed by atoms with Crippen molar-refractivity contribution in [2.45, 2.75) is 6.61 Å². The molecule has 1 aromatic heterocycles. The summed E-state index contributed by atoms with van der Waals surface area (Å²) in [6.45, 7) is 0.552. The molecular weight excluding hydrogens is 384 g/mol. The Morgan fingerprint density at radius 3 is 2.60 bits per heavy atom. The molecule has 30 heavy (non-hydrogen) atoms. The highest BCUT2D eigenvalue weighted by Crippen LogP contribution is 2.36. The Kier molecular flexibility index (Phi) is 4.52. The van der Waals surface area contributed by atoms with Gasteiger partial charge in [-0.05, 0) is 29.3 Å². The van der Waals surface area contributed by atoms with Gasteiger partial charge in [0.25, 0.3) is 0 Å².